The van der Waals surface area contributed by atoms with Crippen molar-refractivity contribution in [3.8, 4) is 11.5 Å². The number of hydrogen-bond acceptors (Lipinski definition) is 3. The van der Waals surface area contributed by atoms with E-state index in [2.05, 4.69) is 19.6 Å². The van der Waals surface area contributed by atoms with Gasteiger partial charge < -0.3 is 9.84 Å². The van der Waals surface area contributed by atoms with Gasteiger partial charge in [-0.05, 0) is 26.2 Å². The Kier molecular flexibility index (Phi) is 3.95. The summed E-state index contributed by atoms with van der Waals surface area (Å²) in [6, 6.07) is 7.48. The summed E-state index contributed by atoms with van der Waals surface area (Å²) in [7, 11) is 0. The molecule has 0 saturated heterocycles. The lowest BCUT2D eigenvalue weighted by Gasteiger charge is -2.23. The lowest BCUT2D eigenvalue weighted by molar-refractivity contribution is -0.130. The molecule has 0 radical (unpaired) electrons. The number of benzene rings is 2. The van der Waals surface area contributed by atoms with Crippen LogP contribution in [0.4, 0.5) is 0 Å². The van der Waals surface area contributed by atoms with Crippen molar-refractivity contribution < 1.29 is 14.6 Å². The zero-order valence-corrected chi connectivity index (χ0v) is 13.5. The summed E-state index contributed by atoms with van der Waals surface area (Å²) in [4.78, 5) is 12.1. The number of phenols is 1. The van der Waals surface area contributed by atoms with E-state index in [0.29, 0.717) is 29.6 Å². The second-order valence-electron chi connectivity index (χ2n) is 5.95. The van der Waals surface area contributed by atoms with Crippen LogP contribution in [0.2, 0.25) is 0 Å². The number of aromatic hydroxyl groups is 1. The van der Waals surface area contributed by atoms with Crippen LogP contribution in [-0.4, -0.2) is 11.1 Å². The predicted molar refractivity (Wildman–Crippen MR) is 91.8 cm³/mol. The second-order valence-corrected chi connectivity index (χ2v) is 5.95. The maximum Gasteiger partial charge on any atom is 0.338 e. The highest BCUT2D eigenvalue weighted by Gasteiger charge is 2.24. The fourth-order valence-corrected chi connectivity index (χ4v) is 3.01. The van der Waals surface area contributed by atoms with E-state index >= 15 is 0 Å². The number of carbonyl (C=O) groups is 1. The lowest BCUT2D eigenvalue weighted by atomic mass is 9.86. The van der Waals surface area contributed by atoms with Gasteiger partial charge in [0.1, 0.15) is 11.5 Å². The van der Waals surface area contributed by atoms with E-state index in [1.807, 2.05) is 24.3 Å². The standard InChI is InChI=1S/C20H20O3/c1-4-13-9-10-15-17(11-13)19(23-20(22)12(2)3)16-8-6-5-7-14(16)18(15)21/h5-9,21H,2,4,10-11H2,1,3H3. The maximum atomic E-state index is 12.1. The molecule has 0 fully saturated rings. The third-order valence-corrected chi connectivity index (χ3v) is 4.35. The molecule has 2 aromatic carbocycles. The smallest absolute Gasteiger partial charge is 0.338 e. The minimum absolute atomic E-state index is 0.289. The van der Waals surface area contributed by atoms with Gasteiger partial charge in [0.2, 0.25) is 0 Å². The highest BCUT2D eigenvalue weighted by atomic mass is 16.5. The first-order valence-corrected chi connectivity index (χ1v) is 7.84. The van der Waals surface area contributed by atoms with Gasteiger partial charge in [-0.25, -0.2) is 4.79 Å². The molecule has 2 aromatic rings. The van der Waals surface area contributed by atoms with Crippen LogP contribution in [-0.2, 0) is 17.6 Å². The van der Waals surface area contributed by atoms with Crippen LogP contribution in [0, 0.1) is 0 Å². The van der Waals surface area contributed by atoms with E-state index in [9.17, 15) is 9.90 Å². The summed E-state index contributed by atoms with van der Waals surface area (Å²) in [6.45, 7) is 7.40. The molecule has 3 heteroatoms. The molecule has 118 valence electrons. The van der Waals surface area contributed by atoms with Gasteiger partial charge in [0.15, 0.2) is 0 Å². The predicted octanol–water partition coefficient (Wildman–Crippen LogP) is 4.46. The summed E-state index contributed by atoms with van der Waals surface area (Å²) in [5.41, 5.74) is 3.42. The van der Waals surface area contributed by atoms with E-state index < -0.39 is 5.97 Å². The molecule has 0 heterocycles. The molecule has 0 bridgehead atoms. The fraction of sp³-hybridized carbons (Fsp3) is 0.250. The topological polar surface area (TPSA) is 46.5 Å². The van der Waals surface area contributed by atoms with Gasteiger partial charge in [-0.3, -0.25) is 0 Å². The Bertz CT molecular complexity index is 844. The largest absolute Gasteiger partial charge is 0.507 e. The Balaban J connectivity index is 2.26. The Labute approximate surface area is 135 Å². The highest BCUT2D eigenvalue weighted by molar-refractivity contribution is 5.99. The minimum atomic E-state index is -0.435. The molecule has 0 atom stereocenters. The van der Waals surface area contributed by atoms with E-state index in [-0.39, 0.29) is 5.75 Å². The molecule has 1 aliphatic rings. The summed E-state index contributed by atoms with van der Waals surface area (Å²) < 4.78 is 5.66. The number of rotatable bonds is 3. The first-order chi connectivity index (χ1) is 11.0. The first kappa shape index (κ1) is 15.3. The Morgan fingerprint density at radius 1 is 1.26 bits per heavy atom. The molecule has 0 aromatic heterocycles. The molecule has 3 rings (SSSR count). The van der Waals surface area contributed by atoms with Crippen LogP contribution < -0.4 is 4.74 Å². The van der Waals surface area contributed by atoms with Crippen molar-refractivity contribution in [3.63, 3.8) is 0 Å². The van der Waals surface area contributed by atoms with Crippen LogP contribution in [0.25, 0.3) is 10.8 Å². The normalized spacial score (nSPS) is 13.4. The van der Waals surface area contributed by atoms with Crippen LogP contribution in [0.3, 0.4) is 0 Å². The van der Waals surface area contributed by atoms with Crippen molar-refractivity contribution in [1.29, 1.82) is 0 Å². The quantitative estimate of drug-likeness (QED) is 0.394. The SMILES string of the molecule is C=C(C)C(=O)Oc1c2c(c(O)c3ccccc13)CC=C(CC)C2. The summed E-state index contributed by atoms with van der Waals surface area (Å²) >= 11 is 0. The van der Waals surface area contributed by atoms with Crippen LogP contribution in [0.1, 0.15) is 31.4 Å². The maximum absolute atomic E-state index is 12.1. The van der Waals surface area contributed by atoms with Gasteiger partial charge in [-0.2, -0.15) is 0 Å². The van der Waals surface area contributed by atoms with Crippen molar-refractivity contribution in [2.24, 2.45) is 0 Å². The zero-order valence-electron chi connectivity index (χ0n) is 13.5. The highest BCUT2D eigenvalue weighted by Crippen LogP contribution is 2.43. The molecular weight excluding hydrogens is 288 g/mol. The number of hydrogen-bond donors (Lipinski definition) is 1. The second kappa shape index (κ2) is 5.92. The summed E-state index contributed by atoms with van der Waals surface area (Å²) in [5.74, 6) is 0.410. The summed E-state index contributed by atoms with van der Waals surface area (Å²) in [5, 5.41) is 12.1. The average Bonchev–Trinajstić information content (AvgIpc) is 2.57. The van der Waals surface area contributed by atoms with E-state index in [1.165, 1.54) is 5.57 Å². The van der Waals surface area contributed by atoms with Crippen LogP contribution in [0.15, 0.2) is 48.1 Å². The lowest BCUT2D eigenvalue weighted by Crippen LogP contribution is -2.13. The molecule has 0 spiro atoms. The molecule has 1 N–H and O–H groups in total. The first-order valence-electron chi connectivity index (χ1n) is 7.84. The van der Waals surface area contributed by atoms with Crippen molar-refractivity contribution in [2.45, 2.75) is 33.1 Å². The number of carbonyl (C=O) groups excluding carboxylic acids is 1. The van der Waals surface area contributed by atoms with Crippen LogP contribution >= 0.6 is 0 Å². The monoisotopic (exact) mass is 308 g/mol. The van der Waals surface area contributed by atoms with Crippen molar-refractivity contribution in [3.05, 3.63) is 59.2 Å². The van der Waals surface area contributed by atoms with E-state index in [4.69, 9.17) is 4.74 Å². The third-order valence-electron chi connectivity index (χ3n) is 4.35. The fourth-order valence-electron chi connectivity index (χ4n) is 3.01. The molecular formula is C20H20O3. The number of ether oxygens (including phenoxy) is 1. The van der Waals surface area contributed by atoms with Crippen molar-refractivity contribution in [1.82, 2.24) is 0 Å². The van der Waals surface area contributed by atoms with Gasteiger partial charge in [0, 0.05) is 27.5 Å². The molecule has 0 amide bonds. The number of fused-ring (bicyclic) bond motifs is 2. The number of esters is 1. The Hall–Kier alpha value is -2.55. The molecule has 23 heavy (non-hydrogen) atoms. The molecule has 1 aliphatic carbocycles. The number of phenolic OH excluding ortho intramolecular Hbond substituents is 1. The molecule has 0 saturated carbocycles. The summed E-state index contributed by atoms with van der Waals surface area (Å²) in [6.07, 6.45) is 4.46. The zero-order chi connectivity index (χ0) is 16.6. The Morgan fingerprint density at radius 3 is 2.61 bits per heavy atom. The van der Waals surface area contributed by atoms with Crippen molar-refractivity contribution >= 4 is 16.7 Å². The van der Waals surface area contributed by atoms with Gasteiger partial charge in [0.05, 0.1) is 0 Å². The molecule has 3 nitrogen and oxygen atoms in total. The van der Waals surface area contributed by atoms with Crippen molar-refractivity contribution in [2.75, 3.05) is 0 Å². The Morgan fingerprint density at radius 2 is 1.96 bits per heavy atom. The molecule has 0 aliphatic heterocycles. The van der Waals surface area contributed by atoms with Gasteiger partial charge >= 0.3 is 5.97 Å². The molecule has 0 unspecified atom stereocenters. The number of allylic oxidation sites excluding steroid dienone is 2. The third kappa shape index (κ3) is 2.63. The van der Waals surface area contributed by atoms with Gasteiger partial charge in [-0.1, -0.05) is 49.4 Å². The van der Waals surface area contributed by atoms with Gasteiger partial charge in [-0.15, -0.1) is 0 Å². The van der Waals surface area contributed by atoms with Gasteiger partial charge in [0.25, 0.3) is 0 Å². The average molecular weight is 308 g/mol. The van der Waals surface area contributed by atoms with Crippen LogP contribution in [0.5, 0.6) is 11.5 Å². The van der Waals surface area contributed by atoms with E-state index in [1.54, 1.807) is 6.92 Å². The minimum Gasteiger partial charge on any atom is -0.507 e. The van der Waals surface area contributed by atoms with E-state index in [0.717, 1.165) is 22.9 Å².